The van der Waals surface area contributed by atoms with Crippen molar-refractivity contribution in [2.75, 3.05) is 36.9 Å². The summed E-state index contributed by atoms with van der Waals surface area (Å²) < 4.78 is 7.75. The molecule has 2 aliphatic rings. The number of nitrogens with zero attached hydrogens (tertiary/aromatic N) is 4. The van der Waals surface area contributed by atoms with Gasteiger partial charge in [-0.3, -0.25) is 14.2 Å². The van der Waals surface area contributed by atoms with Gasteiger partial charge in [-0.05, 0) is 32.6 Å². The van der Waals surface area contributed by atoms with E-state index in [0.29, 0.717) is 28.6 Å². The van der Waals surface area contributed by atoms with E-state index in [9.17, 15) is 9.59 Å². The first-order valence-electron chi connectivity index (χ1n) is 9.83. The van der Waals surface area contributed by atoms with E-state index in [-0.39, 0.29) is 23.3 Å². The van der Waals surface area contributed by atoms with Crippen molar-refractivity contribution < 1.29 is 9.53 Å². The minimum atomic E-state index is -0.0754. The van der Waals surface area contributed by atoms with E-state index in [4.69, 9.17) is 4.74 Å². The zero-order valence-electron chi connectivity index (χ0n) is 16.0. The maximum Gasteiger partial charge on any atom is 0.273 e. The number of thiazole rings is 1. The van der Waals surface area contributed by atoms with Gasteiger partial charge in [-0.1, -0.05) is 23.1 Å². The van der Waals surface area contributed by atoms with Crippen LogP contribution in [0.3, 0.4) is 0 Å². The predicted octanol–water partition coefficient (Wildman–Crippen LogP) is 1.86. The van der Waals surface area contributed by atoms with Crippen LogP contribution in [0.5, 0.6) is 0 Å². The first-order valence-corrected chi connectivity index (χ1v) is 11.6. The number of aromatic nitrogens is 3. The number of carbonyl (C=O) groups is 1. The van der Waals surface area contributed by atoms with Crippen LogP contribution in [0.1, 0.15) is 32.6 Å². The number of anilines is 1. The molecule has 1 atom stereocenters. The Morgan fingerprint density at radius 3 is 2.86 bits per heavy atom. The minimum absolute atomic E-state index is 0.0716. The molecule has 0 spiro atoms. The molecule has 0 unspecified atom stereocenters. The normalized spacial score (nSPS) is 19.6. The van der Waals surface area contributed by atoms with E-state index < -0.39 is 0 Å². The van der Waals surface area contributed by atoms with Crippen LogP contribution in [0.15, 0.2) is 9.95 Å². The van der Waals surface area contributed by atoms with Crippen LogP contribution in [0.25, 0.3) is 10.3 Å². The first kappa shape index (κ1) is 19.7. The van der Waals surface area contributed by atoms with Crippen LogP contribution < -0.4 is 15.8 Å². The first-order chi connectivity index (χ1) is 13.7. The van der Waals surface area contributed by atoms with Gasteiger partial charge in [0, 0.05) is 32.8 Å². The second-order valence-corrected chi connectivity index (χ2v) is 8.93. The van der Waals surface area contributed by atoms with Gasteiger partial charge in [-0.25, -0.2) is 4.98 Å². The van der Waals surface area contributed by atoms with E-state index in [1.54, 1.807) is 4.57 Å². The summed E-state index contributed by atoms with van der Waals surface area (Å²) >= 11 is 2.71. The van der Waals surface area contributed by atoms with Gasteiger partial charge in [0.1, 0.15) is 4.70 Å². The van der Waals surface area contributed by atoms with Crippen LogP contribution in [-0.2, 0) is 16.1 Å². The highest BCUT2D eigenvalue weighted by molar-refractivity contribution is 7.99. The van der Waals surface area contributed by atoms with Crippen molar-refractivity contribution in [1.29, 1.82) is 0 Å². The summed E-state index contributed by atoms with van der Waals surface area (Å²) in [6.45, 7) is 5.70. The van der Waals surface area contributed by atoms with Gasteiger partial charge in [0.25, 0.3) is 5.56 Å². The largest absolute Gasteiger partial charge is 0.376 e. The molecule has 2 saturated heterocycles. The number of hydrogen-bond donors (Lipinski definition) is 1. The molecule has 28 heavy (non-hydrogen) atoms. The van der Waals surface area contributed by atoms with Crippen LogP contribution in [0.2, 0.25) is 0 Å². The second-order valence-electron chi connectivity index (χ2n) is 7.01. The second kappa shape index (κ2) is 8.79. The van der Waals surface area contributed by atoms with Crippen molar-refractivity contribution in [3.8, 4) is 0 Å². The van der Waals surface area contributed by atoms with E-state index in [0.717, 1.165) is 50.5 Å². The summed E-state index contributed by atoms with van der Waals surface area (Å²) in [5.41, 5.74) is 0.418. The van der Waals surface area contributed by atoms with Gasteiger partial charge in [-0.2, -0.15) is 4.98 Å². The quantitative estimate of drug-likeness (QED) is 0.537. The number of amides is 1. The Morgan fingerprint density at radius 1 is 1.32 bits per heavy atom. The summed E-state index contributed by atoms with van der Waals surface area (Å²) in [4.78, 5) is 36.5. The molecule has 1 amide bonds. The molecule has 2 aromatic heterocycles. The number of fused-ring (bicyclic) bond motifs is 1. The summed E-state index contributed by atoms with van der Waals surface area (Å²) in [5.74, 6) is 0.141. The number of carbonyl (C=O) groups excluding carboxylic acids is 1. The Labute approximate surface area is 171 Å². The monoisotopic (exact) mass is 423 g/mol. The Kier molecular flexibility index (Phi) is 6.17. The van der Waals surface area contributed by atoms with E-state index in [1.807, 2.05) is 6.92 Å². The molecule has 0 aliphatic carbocycles. The Hall–Kier alpha value is -1.65. The predicted molar refractivity (Wildman–Crippen MR) is 112 cm³/mol. The fourth-order valence-corrected chi connectivity index (χ4v) is 5.41. The number of thioether (sulfide) groups is 1. The maximum absolute atomic E-state index is 12.9. The number of hydrogen-bond acceptors (Lipinski definition) is 8. The van der Waals surface area contributed by atoms with Gasteiger partial charge in [0.2, 0.25) is 5.91 Å². The molecule has 0 bridgehead atoms. The molecule has 0 saturated carbocycles. The molecule has 4 rings (SSSR count). The van der Waals surface area contributed by atoms with Crippen molar-refractivity contribution in [1.82, 2.24) is 19.9 Å². The Bertz CT molecular complexity index is 900. The van der Waals surface area contributed by atoms with Gasteiger partial charge < -0.3 is 15.0 Å². The highest BCUT2D eigenvalue weighted by Gasteiger charge is 2.21. The fourth-order valence-electron chi connectivity index (χ4n) is 3.52. The lowest BCUT2D eigenvalue weighted by Crippen LogP contribution is -2.33. The van der Waals surface area contributed by atoms with Crippen molar-refractivity contribution in [2.24, 2.45) is 0 Å². The van der Waals surface area contributed by atoms with Crippen LogP contribution >= 0.6 is 23.1 Å². The lowest BCUT2D eigenvalue weighted by atomic mass is 10.2. The van der Waals surface area contributed by atoms with Crippen LogP contribution in [0.4, 0.5) is 5.13 Å². The molecule has 2 aromatic rings. The highest BCUT2D eigenvalue weighted by Crippen LogP contribution is 2.29. The molecule has 0 aromatic carbocycles. The third-order valence-corrected chi connectivity index (χ3v) is 7.12. The molecule has 2 aliphatic heterocycles. The molecule has 0 radical (unpaired) electrons. The topological polar surface area (TPSA) is 89.3 Å². The average molecular weight is 424 g/mol. The Morgan fingerprint density at radius 2 is 2.14 bits per heavy atom. The average Bonchev–Trinajstić information content (AvgIpc) is 3.45. The minimum Gasteiger partial charge on any atom is -0.376 e. The SMILES string of the molecule is CCn1c(SCC(=O)NC[C@H]2CCCO2)nc2nc(N3CCCC3)sc2c1=O. The molecule has 4 heterocycles. The molecular formula is C18H25N5O3S2. The van der Waals surface area contributed by atoms with Gasteiger partial charge >= 0.3 is 0 Å². The third kappa shape index (κ3) is 4.18. The number of ether oxygens (including phenoxy) is 1. The standard InChI is InChI=1S/C18H25N5O3S2/c1-2-23-16(25)14-15(20-17(28-14)22-7-3-4-8-22)21-18(23)27-11-13(24)19-10-12-6-5-9-26-12/h12H,2-11H2,1H3,(H,19,24)/t12-/m1/s1. The summed E-state index contributed by atoms with van der Waals surface area (Å²) in [7, 11) is 0. The molecule has 2 fully saturated rings. The smallest absolute Gasteiger partial charge is 0.273 e. The van der Waals surface area contributed by atoms with E-state index in [1.165, 1.54) is 23.1 Å². The zero-order valence-corrected chi connectivity index (χ0v) is 17.6. The van der Waals surface area contributed by atoms with Crippen molar-refractivity contribution in [3.63, 3.8) is 0 Å². The Balaban J connectivity index is 1.47. The molecule has 1 N–H and O–H groups in total. The zero-order chi connectivity index (χ0) is 19.5. The van der Waals surface area contributed by atoms with Crippen molar-refractivity contribution >= 4 is 44.5 Å². The number of nitrogens with one attached hydrogen (secondary N) is 1. The van der Waals surface area contributed by atoms with Crippen molar-refractivity contribution in [2.45, 2.75) is 50.4 Å². The van der Waals surface area contributed by atoms with E-state index >= 15 is 0 Å². The fraction of sp³-hybridized carbons (Fsp3) is 0.667. The highest BCUT2D eigenvalue weighted by atomic mass is 32.2. The molecular weight excluding hydrogens is 398 g/mol. The van der Waals surface area contributed by atoms with Crippen LogP contribution in [0, 0.1) is 0 Å². The summed E-state index contributed by atoms with van der Waals surface area (Å²) in [5, 5.41) is 4.32. The van der Waals surface area contributed by atoms with Gasteiger partial charge in [-0.15, -0.1) is 0 Å². The third-order valence-electron chi connectivity index (χ3n) is 5.05. The molecule has 152 valence electrons. The van der Waals surface area contributed by atoms with Gasteiger partial charge in [0.15, 0.2) is 15.9 Å². The lowest BCUT2D eigenvalue weighted by molar-refractivity contribution is -0.119. The van der Waals surface area contributed by atoms with Crippen LogP contribution in [-0.4, -0.2) is 58.5 Å². The van der Waals surface area contributed by atoms with E-state index in [2.05, 4.69) is 20.2 Å². The summed E-state index contributed by atoms with van der Waals surface area (Å²) in [6.07, 6.45) is 4.48. The molecule has 8 nitrogen and oxygen atoms in total. The molecule has 10 heteroatoms. The van der Waals surface area contributed by atoms with Gasteiger partial charge in [0.05, 0.1) is 11.9 Å². The maximum atomic E-state index is 12.9. The summed E-state index contributed by atoms with van der Waals surface area (Å²) in [6, 6.07) is 0. The lowest BCUT2D eigenvalue weighted by Gasteiger charge is -2.11. The van der Waals surface area contributed by atoms with Crippen molar-refractivity contribution in [3.05, 3.63) is 10.4 Å². The number of rotatable bonds is 7.